The molecule has 0 unspecified atom stereocenters. The van der Waals surface area contributed by atoms with Crippen molar-refractivity contribution in [3.8, 4) is 0 Å². The van der Waals surface area contributed by atoms with Crippen molar-refractivity contribution in [1.29, 1.82) is 0 Å². The third-order valence-corrected chi connectivity index (χ3v) is 5.87. The molecule has 0 bridgehead atoms. The fraction of sp³-hybridized carbons (Fsp3) is 0.850. The first-order chi connectivity index (χ1) is 13.4. The first kappa shape index (κ1) is 23.1. The molecule has 0 amide bonds. The highest BCUT2D eigenvalue weighted by Crippen LogP contribution is 2.47. The van der Waals surface area contributed by atoms with Gasteiger partial charge in [-0.15, -0.1) is 0 Å². The van der Waals surface area contributed by atoms with Crippen LogP contribution in [0.2, 0.25) is 0 Å². The van der Waals surface area contributed by atoms with E-state index in [1.54, 1.807) is 7.11 Å². The summed E-state index contributed by atoms with van der Waals surface area (Å²) in [6.07, 6.45) is 2.90. The zero-order valence-electron chi connectivity index (χ0n) is 17.5. The number of aliphatic hydroxyl groups is 1. The van der Waals surface area contributed by atoms with Gasteiger partial charge in [0, 0.05) is 37.9 Å². The van der Waals surface area contributed by atoms with Crippen LogP contribution in [0.3, 0.4) is 0 Å². The molecule has 0 aromatic rings. The lowest BCUT2D eigenvalue weighted by molar-refractivity contribution is -0.341. The molecule has 0 aromatic heterocycles. The Hall–Kier alpha value is -1.19. The van der Waals surface area contributed by atoms with Gasteiger partial charge in [0.2, 0.25) is 0 Å². The Labute approximate surface area is 167 Å². The number of ether oxygens (including phenoxy) is 6. The van der Waals surface area contributed by atoms with Crippen molar-refractivity contribution in [2.24, 2.45) is 17.8 Å². The van der Waals surface area contributed by atoms with E-state index in [2.05, 4.69) is 18.6 Å². The van der Waals surface area contributed by atoms with Crippen molar-refractivity contribution >= 4 is 5.97 Å². The van der Waals surface area contributed by atoms with Gasteiger partial charge in [-0.3, -0.25) is 0 Å². The molecule has 1 spiro atoms. The molecule has 2 rings (SSSR count). The molecule has 1 N–H and O–H groups in total. The first-order valence-corrected chi connectivity index (χ1v) is 9.83. The lowest BCUT2D eigenvalue weighted by Gasteiger charge is -2.51. The van der Waals surface area contributed by atoms with Crippen LogP contribution < -0.4 is 0 Å². The maximum atomic E-state index is 11.4. The highest BCUT2D eigenvalue weighted by Gasteiger charge is 2.56. The smallest absolute Gasteiger partial charge is 0.333 e. The number of esters is 1. The predicted octanol–water partition coefficient (Wildman–Crippen LogP) is 1.85. The maximum absolute atomic E-state index is 11.4. The number of methoxy groups -OCH3 is 2. The molecule has 2 aliphatic rings. The molecule has 0 aliphatic carbocycles. The molecular weight excluding hydrogens is 368 g/mol. The van der Waals surface area contributed by atoms with Crippen molar-refractivity contribution in [2.45, 2.75) is 57.7 Å². The summed E-state index contributed by atoms with van der Waals surface area (Å²) in [4.78, 5) is 11.4. The van der Waals surface area contributed by atoms with Gasteiger partial charge < -0.3 is 33.5 Å². The Morgan fingerprint density at radius 3 is 2.68 bits per heavy atom. The summed E-state index contributed by atoms with van der Waals surface area (Å²) in [6, 6.07) is 0. The monoisotopic (exact) mass is 402 g/mol. The lowest BCUT2D eigenvalue weighted by Crippen LogP contribution is -2.61. The number of aliphatic hydroxyl groups excluding tert-OH is 1. The van der Waals surface area contributed by atoms with Crippen LogP contribution in [0, 0.1) is 17.8 Å². The minimum Gasteiger partial charge on any atom is -0.495 e. The van der Waals surface area contributed by atoms with Crippen molar-refractivity contribution in [3.63, 3.8) is 0 Å². The molecule has 0 aromatic carbocycles. The minimum absolute atomic E-state index is 0.0543. The zero-order valence-corrected chi connectivity index (χ0v) is 17.5. The molecule has 7 atom stereocenters. The quantitative estimate of drug-likeness (QED) is 0.270. The molecule has 28 heavy (non-hydrogen) atoms. The molecule has 2 aliphatic heterocycles. The average Bonchev–Trinajstić information content (AvgIpc) is 3.17. The first-order valence-electron chi connectivity index (χ1n) is 9.83. The highest BCUT2D eigenvalue weighted by molar-refractivity contribution is 5.81. The van der Waals surface area contributed by atoms with Gasteiger partial charge >= 0.3 is 5.97 Å². The van der Waals surface area contributed by atoms with Crippen LogP contribution in [-0.4, -0.2) is 69.4 Å². The molecule has 2 fully saturated rings. The van der Waals surface area contributed by atoms with Gasteiger partial charge in [-0.1, -0.05) is 20.8 Å². The summed E-state index contributed by atoms with van der Waals surface area (Å²) < 4.78 is 34.1. The van der Waals surface area contributed by atoms with E-state index in [4.69, 9.17) is 23.7 Å². The summed E-state index contributed by atoms with van der Waals surface area (Å²) in [7, 11) is 2.85. The normalized spacial score (nSPS) is 35.2. The number of hydrogen-bond acceptors (Lipinski definition) is 8. The lowest BCUT2D eigenvalue weighted by atomic mass is 9.76. The van der Waals surface area contributed by atoms with Crippen LogP contribution in [0.4, 0.5) is 0 Å². The molecule has 162 valence electrons. The fourth-order valence-electron chi connectivity index (χ4n) is 4.02. The third-order valence-electron chi connectivity index (χ3n) is 5.87. The van der Waals surface area contributed by atoms with E-state index in [1.165, 1.54) is 19.4 Å². The zero-order chi connectivity index (χ0) is 20.7. The van der Waals surface area contributed by atoms with Gasteiger partial charge in [0.05, 0.1) is 32.2 Å². The Kier molecular flexibility index (Phi) is 8.70. The van der Waals surface area contributed by atoms with Crippen molar-refractivity contribution in [2.75, 3.05) is 34.2 Å². The van der Waals surface area contributed by atoms with E-state index in [1.807, 2.05) is 6.92 Å². The topological polar surface area (TPSA) is 92.7 Å². The summed E-state index contributed by atoms with van der Waals surface area (Å²) >= 11 is 0. The van der Waals surface area contributed by atoms with Gasteiger partial charge in [-0.2, -0.15) is 0 Å². The number of rotatable bonds is 9. The largest absolute Gasteiger partial charge is 0.495 e. The molecular formula is C20H34O8. The van der Waals surface area contributed by atoms with Crippen LogP contribution >= 0.6 is 0 Å². The number of carbonyl (C=O) groups is 1. The van der Waals surface area contributed by atoms with Gasteiger partial charge in [0.25, 0.3) is 0 Å². The molecule has 8 heteroatoms. The van der Waals surface area contributed by atoms with E-state index in [9.17, 15) is 9.90 Å². The van der Waals surface area contributed by atoms with Gasteiger partial charge in [0.1, 0.15) is 19.0 Å². The standard InChI is InChI=1S/C20H34O8/c1-13(11-21)17(26-12-23-4)19-18(25-10-7-16(22)24-5)14(2)15(3)20(28-19)8-6-9-27-20/h7,10,13-15,17-19,21H,6,8-9,11-12H2,1-5H3/b10-7+/t13-,14+,15+,17+,18-,19+,20-/m1/s1. The van der Waals surface area contributed by atoms with E-state index in [0.717, 1.165) is 12.8 Å². The van der Waals surface area contributed by atoms with Gasteiger partial charge in [0.15, 0.2) is 5.79 Å². The van der Waals surface area contributed by atoms with Crippen molar-refractivity contribution < 1.29 is 38.3 Å². The summed E-state index contributed by atoms with van der Waals surface area (Å²) in [5, 5.41) is 9.75. The summed E-state index contributed by atoms with van der Waals surface area (Å²) in [6.45, 7) is 6.70. The second-order valence-electron chi connectivity index (χ2n) is 7.62. The van der Waals surface area contributed by atoms with Crippen LogP contribution in [0.15, 0.2) is 12.3 Å². The Morgan fingerprint density at radius 1 is 1.36 bits per heavy atom. The Balaban J connectivity index is 2.30. The fourth-order valence-corrected chi connectivity index (χ4v) is 4.02. The molecule has 0 radical (unpaired) electrons. The van der Waals surface area contributed by atoms with E-state index in [-0.39, 0.29) is 31.2 Å². The summed E-state index contributed by atoms with van der Waals surface area (Å²) in [5.41, 5.74) is 0. The van der Waals surface area contributed by atoms with Gasteiger partial charge in [-0.25, -0.2) is 4.79 Å². The highest BCUT2D eigenvalue weighted by atomic mass is 16.7. The maximum Gasteiger partial charge on any atom is 0.333 e. The van der Waals surface area contributed by atoms with Crippen molar-refractivity contribution in [3.05, 3.63) is 12.3 Å². The van der Waals surface area contributed by atoms with Crippen LogP contribution in [-0.2, 0) is 33.2 Å². The van der Waals surface area contributed by atoms with Crippen LogP contribution in [0.1, 0.15) is 33.6 Å². The molecule has 8 nitrogen and oxygen atoms in total. The average molecular weight is 402 g/mol. The minimum atomic E-state index is -0.695. The Morgan fingerprint density at radius 2 is 2.11 bits per heavy atom. The second kappa shape index (κ2) is 10.5. The van der Waals surface area contributed by atoms with Crippen LogP contribution in [0.25, 0.3) is 0 Å². The van der Waals surface area contributed by atoms with Crippen LogP contribution in [0.5, 0.6) is 0 Å². The van der Waals surface area contributed by atoms with Crippen molar-refractivity contribution in [1.82, 2.24) is 0 Å². The SMILES string of the molecule is COCO[C@H]([C@@H]1O[C@]2(CCCO2)[C@@H](C)[C@H](C)[C@H]1O/C=C/C(=O)OC)[C@H](C)CO. The summed E-state index contributed by atoms with van der Waals surface area (Å²) in [5.74, 6) is -1.27. The predicted molar refractivity (Wildman–Crippen MR) is 100 cm³/mol. The molecule has 2 saturated heterocycles. The number of hydrogen-bond donors (Lipinski definition) is 1. The molecule has 2 heterocycles. The van der Waals surface area contributed by atoms with E-state index >= 15 is 0 Å². The molecule has 0 saturated carbocycles. The Bertz CT molecular complexity index is 516. The third kappa shape index (κ3) is 5.04. The van der Waals surface area contributed by atoms with E-state index < -0.39 is 30.1 Å². The number of carbonyl (C=O) groups excluding carboxylic acids is 1. The van der Waals surface area contributed by atoms with E-state index in [0.29, 0.717) is 6.61 Å². The second-order valence-corrected chi connectivity index (χ2v) is 7.62. The van der Waals surface area contributed by atoms with Gasteiger partial charge in [-0.05, 0) is 6.42 Å².